The minimum atomic E-state index is 0.604. The highest BCUT2D eigenvalue weighted by Crippen LogP contribution is 2.41. The van der Waals surface area contributed by atoms with Gasteiger partial charge in [0, 0.05) is 18.2 Å². The lowest BCUT2D eigenvalue weighted by Gasteiger charge is -2.31. The molecule has 0 fully saturated rings. The lowest BCUT2D eigenvalue weighted by Crippen LogP contribution is -2.26. The molecule has 20 heavy (non-hydrogen) atoms. The van der Waals surface area contributed by atoms with Gasteiger partial charge in [-0.15, -0.1) is 0 Å². The smallest absolute Gasteiger partial charge is 0.195 e. The van der Waals surface area contributed by atoms with E-state index < -0.39 is 0 Å². The number of fused-ring (bicyclic) bond motifs is 1. The van der Waals surface area contributed by atoms with Crippen LogP contribution >= 0.6 is 0 Å². The average Bonchev–Trinajstić information content (AvgIpc) is 2.92. The molecule has 1 aromatic heterocycles. The number of nitrogens with zero attached hydrogens (tertiary/aromatic N) is 2. The van der Waals surface area contributed by atoms with Crippen LogP contribution in [0.4, 0.5) is 5.69 Å². The fourth-order valence-corrected chi connectivity index (χ4v) is 3.25. The van der Waals surface area contributed by atoms with E-state index in [1.807, 2.05) is 6.20 Å². The Morgan fingerprint density at radius 2 is 2.20 bits per heavy atom. The molecule has 4 heteroatoms. The molecule has 4 nitrogen and oxygen atoms in total. The standard InChI is InChI=1S/C16H24N4/c1-10(2)13-5-4-11(3)14-8-12(9-19-15(13)14)20-16-17-6-7-18-16/h8-11,13H,4-7H2,1-3H3,(H2,17,18,20)/t11?,13-/m0/s1. The van der Waals surface area contributed by atoms with Crippen molar-refractivity contribution in [2.75, 3.05) is 18.4 Å². The van der Waals surface area contributed by atoms with Crippen LogP contribution in [0.3, 0.4) is 0 Å². The summed E-state index contributed by atoms with van der Waals surface area (Å²) in [4.78, 5) is 9.14. The first kappa shape index (κ1) is 13.4. The van der Waals surface area contributed by atoms with E-state index in [9.17, 15) is 0 Å². The lowest BCUT2D eigenvalue weighted by atomic mass is 9.76. The van der Waals surface area contributed by atoms with Crippen molar-refractivity contribution < 1.29 is 0 Å². The summed E-state index contributed by atoms with van der Waals surface area (Å²) >= 11 is 0. The molecule has 1 aliphatic heterocycles. The zero-order chi connectivity index (χ0) is 14.1. The molecule has 2 aliphatic rings. The number of hydrogen-bond donors (Lipinski definition) is 2. The first-order valence-corrected chi connectivity index (χ1v) is 7.70. The fraction of sp³-hybridized carbons (Fsp3) is 0.625. The lowest BCUT2D eigenvalue weighted by molar-refractivity contribution is 0.400. The summed E-state index contributed by atoms with van der Waals surface area (Å²) < 4.78 is 0. The Balaban J connectivity index is 1.88. The van der Waals surface area contributed by atoms with Gasteiger partial charge in [0.05, 0.1) is 18.4 Å². The molecule has 0 saturated carbocycles. The third kappa shape index (κ3) is 2.51. The number of rotatable bonds is 2. The minimum Gasteiger partial charge on any atom is -0.354 e. The highest BCUT2D eigenvalue weighted by atomic mass is 15.2. The second kappa shape index (κ2) is 5.43. The Morgan fingerprint density at radius 3 is 2.90 bits per heavy atom. The summed E-state index contributed by atoms with van der Waals surface area (Å²) in [6.07, 6.45) is 4.48. The van der Waals surface area contributed by atoms with Crippen molar-refractivity contribution in [3.05, 3.63) is 23.5 Å². The van der Waals surface area contributed by atoms with E-state index in [1.165, 1.54) is 24.1 Å². The van der Waals surface area contributed by atoms with Crippen molar-refractivity contribution in [2.45, 2.75) is 45.4 Å². The molecule has 3 rings (SSSR count). The van der Waals surface area contributed by atoms with Gasteiger partial charge in [-0.2, -0.15) is 0 Å². The highest BCUT2D eigenvalue weighted by Gasteiger charge is 2.28. The Hall–Kier alpha value is -1.58. The highest BCUT2D eigenvalue weighted by molar-refractivity contribution is 5.94. The van der Waals surface area contributed by atoms with Crippen LogP contribution in [0.1, 0.15) is 56.7 Å². The molecule has 1 aliphatic carbocycles. The van der Waals surface area contributed by atoms with Crippen LogP contribution in [0.15, 0.2) is 17.3 Å². The van der Waals surface area contributed by atoms with Gasteiger partial charge in [-0.25, -0.2) is 0 Å². The normalized spacial score (nSPS) is 25.1. The number of aromatic nitrogens is 1. The molecule has 0 radical (unpaired) electrons. The molecule has 1 aromatic rings. The van der Waals surface area contributed by atoms with Crippen molar-refractivity contribution in [2.24, 2.45) is 10.9 Å². The number of nitrogens with one attached hydrogen (secondary N) is 2. The molecule has 0 aromatic carbocycles. The second-order valence-electron chi connectivity index (χ2n) is 6.31. The molecule has 2 heterocycles. The summed E-state index contributed by atoms with van der Waals surface area (Å²) in [5.74, 6) is 2.74. The van der Waals surface area contributed by atoms with E-state index in [1.54, 1.807) is 0 Å². The quantitative estimate of drug-likeness (QED) is 0.870. The van der Waals surface area contributed by atoms with Crippen molar-refractivity contribution in [1.29, 1.82) is 0 Å². The first-order valence-electron chi connectivity index (χ1n) is 7.70. The van der Waals surface area contributed by atoms with Crippen LogP contribution < -0.4 is 10.6 Å². The second-order valence-corrected chi connectivity index (χ2v) is 6.31. The Bertz CT molecular complexity index is 521. The van der Waals surface area contributed by atoms with E-state index in [0.29, 0.717) is 17.8 Å². The minimum absolute atomic E-state index is 0.604. The van der Waals surface area contributed by atoms with Crippen molar-refractivity contribution in [3.8, 4) is 0 Å². The fourth-order valence-electron chi connectivity index (χ4n) is 3.25. The maximum atomic E-state index is 4.77. The van der Waals surface area contributed by atoms with E-state index in [2.05, 4.69) is 42.5 Å². The maximum Gasteiger partial charge on any atom is 0.195 e. The molecule has 0 spiro atoms. The van der Waals surface area contributed by atoms with Gasteiger partial charge in [-0.05, 0) is 36.3 Å². The maximum absolute atomic E-state index is 4.77. The van der Waals surface area contributed by atoms with Crippen LogP contribution in [-0.4, -0.2) is 24.0 Å². The molecule has 2 N–H and O–H groups in total. The number of hydrogen-bond acceptors (Lipinski definition) is 4. The number of anilines is 1. The molecule has 0 amide bonds. The molecular weight excluding hydrogens is 248 g/mol. The van der Waals surface area contributed by atoms with Gasteiger partial charge in [0.15, 0.2) is 5.96 Å². The first-order chi connectivity index (χ1) is 9.65. The van der Waals surface area contributed by atoms with Crippen molar-refractivity contribution >= 4 is 11.6 Å². The topological polar surface area (TPSA) is 49.3 Å². The molecule has 2 atom stereocenters. The third-order valence-corrected chi connectivity index (χ3v) is 4.48. The summed E-state index contributed by atoms with van der Waals surface area (Å²) in [5.41, 5.74) is 3.78. The summed E-state index contributed by atoms with van der Waals surface area (Å²) in [5, 5.41) is 6.57. The number of guanidine groups is 1. The van der Waals surface area contributed by atoms with Gasteiger partial charge < -0.3 is 10.6 Å². The van der Waals surface area contributed by atoms with Crippen LogP contribution in [0.5, 0.6) is 0 Å². The molecular formula is C16H24N4. The van der Waals surface area contributed by atoms with Gasteiger partial charge in [0.1, 0.15) is 0 Å². The SMILES string of the molecule is CC1CC[C@@H](C(C)C)c2ncc(NC3=NCCN3)cc21. The number of aliphatic imine (C=N–C) groups is 1. The van der Waals surface area contributed by atoms with E-state index in [0.717, 1.165) is 24.7 Å². The molecule has 0 bridgehead atoms. The van der Waals surface area contributed by atoms with Gasteiger partial charge in [-0.1, -0.05) is 20.8 Å². The third-order valence-electron chi connectivity index (χ3n) is 4.48. The predicted octanol–water partition coefficient (Wildman–Crippen LogP) is 3.09. The van der Waals surface area contributed by atoms with Crippen LogP contribution in [0.2, 0.25) is 0 Å². The van der Waals surface area contributed by atoms with Gasteiger partial charge in [0.25, 0.3) is 0 Å². The zero-order valence-corrected chi connectivity index (χ0v) is 12.6. The van der Waals surface area contributed by atoms with Gasteiger partial charge in [0.2, 0.25) is 0 Å². The summed E-state index contributed by atoms with van der Waals surface area (Å²) in [6.45, 7) is 8.69. The largest absolute Gasteiger partial charge is 0.354 e. The Kier molecular flexibility index (Phi) is 3.64. The van der Waals surface area contributed by atoms with Crippen molar-refractivity contribution in [3.63, 3.8) is 0 Å². The van der Waals surface area contributed by atoms with Gasteiger partial charge in [-0.3, -0.25) is 9.98 Å². The molecule has 1 unspecified atom stereocenters. The number of pyridine rings is 1. The average molecular weight is 272 g/mol. The van der Waals surface area contributed by atoms with E-state index in [-0.39, 0.29) is 0 Å². The van der Waals surface area contributed by atoms with E-state index in [4.69, 9.17) is 4.98 Å². The van der Waals surface area contributed by atoms with E-state index >= 15 is 0 Å². The van der Waals surface area contributed by atoms with Crippen LogP contribution in [0.25, 0.3) is 0 Å². The predicted molar refractivity (Wildman–Crippen MR) is 83.4 cm³/mol. The molecule has 0 saturated heterocycles. The monoisotopic (exact) mass is 272 g/mol. The zero-order valence-electron chi connectivity index (χ0n) is 12.6. The van der Waals surface area contributed by atoms with Crippen LogP contribution in [0, 0.1) is 5.92 Å². The Morgan fingerprint density at radius 1 is 1.35 bits per heavy atom. The summed E-state index contributed by atoms with van der Waals surface area (Å²) in [7, 11) is 0. The summed E-state index contributed by atoms with van der Waals surface area (Å²) in [6, 6.07) is 2.27. The molecule has 108 valence electrons. The Labute approximate surface area is 121 Å². The van der Waals surface area contributed by atoms with Crippen LogP contribution in [-0.2, 0) is 0 Å². The van der Waals surface area contributed by atoms with Crippen molar-refractivity contribution in [1.82, 2.24) is 10.3 Å². The van der Waals surface area contributed by atoms with Gasteiger partial charge >= 0.3 is 0 Å².